The number of piperidine rings is 1. The Kier molecular flexibility index (Phi) is 6.53. The molecule has 0 bridgehead atoms. The lowest BCUT2D eigenvalue weighted by molar-refractivity contribution is 0.140. The molecule has 2 N–H and O–H groups in total. The Hall–Kier alpha value is -1.88. The predicted molar refractivity (Wildman–Crippen MR) is 117 cm³/mol. The van der Waals surface area contributed by atoms with Gasteiger partial charge in [0.2, 0.25) is 0 Å². The van der Waals surface area contributed by atoms with Crippen molar-refractivity contribution in [3.05, 3.63) is 64.7 Å². The van der Waals surface area contributed by atoms with E-state index in [9.17, 15) is 5.11 Å². The molecule has 1 heterocycles. The third-order valence-electron chi connectivity index (χ3n) is 6.25. The van der Waals surface area contributed by atoms with Gasteiger partial charge in [-0.05, 0) is 74.9 Å². The Morgan fingerprint density at radius 3 is 2.59 bits per heavy atom. The number of hydrogen-bond donors (Lipinski definition) is 2. The summed E-state index contributed by atoms with van der Waals surface area (Å²) in [6, 6.07) is 16.3. The van der Waals surface area contributed by atoms with Crippen LogP contribution < -0.4 is 10.1 Å². The average Bonchev–Trinajstić information content (AvgIpc) is 3.17. The molecule has 1 aliphatic carbocycles. The van der Waals surface area contributed by atoms with Crippen LogP contribution >= 0.6 is 0 Å². The van der Waals surface area contributed by atoms with Gasteiger partial charge in [0.1, 0.15) is 5.75 Å². The lowest BCUT2D eigenvalue weighted by Crippen LogP contribution is -2.49. The van der Waals surface area contributed by atoms with Crippen molar-refractivity contribution in [2.24, 2.45) is 0 Å². The quantitative estimate of drug-likeness (QED) is 0.752. The van der Waals surface area contributed by atoms with Gasteiger partial charge < -0.3 is 15.2 Å². The van der Waals surface area contributed by atoms with Crippen LogP contribution in [0.3, 0.4) is 0 Å². The normalized spacial score (nSPS) is 20.2. The summed E-state index contributed by atoms with van der Waals surface area (Å²) in [5.74, 6) is 0.788. The van der Waals surface area contributed by atoms with E-state index in [-0.39, 0.29) is 12.7 Å². The van der Waals surface area contributed by atoms with Gasteiger partial charge in [-0.25, -0.2) is 0 Å². The van der Waals surface area contributed by atoms with Crippen molar-refractivity contribution in [2.75, 3.05) is 13.1 Å². The largest absolute Gasteiger partial charge is 0.491 e. The van der Waals surface area contributed by atoms with E-state index in [0.717, 1.165) is 24.4 Å². The molecule has 0 saturated carbocycles. The Morgan fingerprint density at radius 2 is 1.90 bits per heavy atom. The minimum Gasteiger partial charge on any atom is -0.491 e. The zero-order valence-electron chi connectivity index (χ0n) is 17.7. The fraction of sp³-hybridized carbons (Fsp3) is 0.520. The second-order valence-corrected chi connectivity index (χ2v) is 8.81. The van der Waals surface area contributed by atoms with Gasteiger partial charge in [0.15, 0.2) is 0 Å². The van der Waals surface area contributed by atoms with E-state index in [2.05, 4.69) is 46.6 Å². The standard InChI is InChI=1S/C25H34N2O2/c1-18(2)29-25-10-9-19(12-22(25)17-28)15-26-23-8-5-11-27(16-23)24-13-20-6-3-4-7-21(20)14-24/h3-4,6-7,9-10,12,18,23-24,26,28H,5,8,11,13-17H2,1-2H3. The van der Waals surface area contributed by atoms with Crippen LogP contribution in [-0.4, -0.2) is 41.3 Å². The Bertz CT molecular complexity index is 795. The molecule has 156 valence electrons. The van der Waals surface area contributed by atoms with Crippen LogP contribution in [0.15, 0.2) is 42.5 Å². The first kappa shape index (κ1) is 20.4. The Labute approximate surface area is 174 Å². The highest BCUT2D eigenvalue weighted by molar-refractivity contribution is 5.37. The fourth-order valence-electron chi connectivity index (χ4n) is 4.80. The summed E-state index contributed by atoms with van der Waals surface area (Å²) < 4.78 is 5.80. The van der Waals surface area contributed by atoms with Crippen molar-refractivity contribution in [3.63, 3.8) is 0 Å². The zero-order chi connectivity index (χ0) is 20.2. The monoisotopic (exact) mass is 394 g/mol. The van der Waals surface area contributed by atoms with Gasteiger partial charge in [0, 0.05) is 30.7 Å². The summed E-state index contributed by atoms with van der Waals surface area (Å²) in [5, 5.41) is 13.5. The van der Waals surface area contributed by atoms with Gasteiger partial charge in [0.05, 0.1) is 12.7 Å². The van der Waals surface area contributed by atoms with Crippen LogP contribution in [0.25, 0.3) is 0 Å². The first-order chi connectivity index (χ1) is 14.1. The summed E-state index contributed by atoms with van der Waals surface area (Å²) >= 11 is 0. The van der Waals surface area contributed by atoms with Gasteiger partial charge in [-0.1, -0.05) is 30.3 Å². The first-order valence-electron chi connectivity index (χ1n) is 11.1. The second-order valence-electron chi connectivity index (χ2n) is 8.81. The lowest BCUT2D eigenvalue weighted by Gasteiger charge is -2.37. The summed E-state index contributed by atoms with van der Waals surface area (Å²) in [4.78, 5) is 2.69. The van der Waals surface area contributed by atoms with E-state index >= 15 is 0 Å². The van der Waals surface area contributed by atoms with Gasteiger partial charge in [0.25, 0.3) is 0 Å². The van der Waals surface area contributed by atoms with Gasteiger partial charge in [-0.3, -0.25) is 4.90 Å². The minimum absolute atomic E-state index is 0.00926. The van der Waals surface area contributed by atoms with Crippen molar-refractivity contribution in [2.45, 2.75) is 70.9 Å². The molecule has 0 spiro atoms. The highest BCUT2D eigenvalue weighted by Crippen LogP contribution is 2.27. The molecule has 1 unspecified atom stereocenters. The van der Waals surface area contributed by atoms with E-state index < -0.39 is 0 Å². The molecule has 4 nitrogen and oxygen atoms in total. The molecule has 29 heavy (non-hydrogen) atoms. The van der Waals surface area contributed by atoms with E-state index in [1.807, 2.05) is 19.9 Å². The van der Waals surface area contributed by atoms with Crippen molar-refractivity contribution in [1.82, 2.24) is 10.2 Å². The molecule has 0 radical (unpaired) electrons. The molecule has 4 heteroatoms. The van der Waals surface area contributed by atoms with Crippen LogP contribution in [-0.2, 0) is 26.0 Å². The number of nitrogens with zero attached hydrogens (tertiary/aromatic N) is 1. The van der Waals surface area contributed by atoms with Crippen molar-refractivity contribution < 1.29 is 9.84 Å². The predicted octanol–water partition coefficient (Wildman–Crippen LogP) is 3.69. The lowest BCUT2D eigenvalue weighted by atomic mass is 10.0. The number of rotatable bonds is 7. The second kappa shape index (κ2) is 9.29. The SMILES string of the molecule is CC(C)Oc1ccc(CNC2CCCN(C3Cc4ccccc4C3)C2)cc1CO. The third-order valence-corrected chi connectivity index (χ3v) is 6.25. The Morgan fingerprint density at radius 1 is 1.14 bits per heavy atom. The molecule has 1 aliphatic heterocycles. The van der Waals surface area contributed by atoms with Crippen LogP contribution in [0, 0.1) is 0 Å². The zero-order valence-corrected chi connectivity index (χ0v) is 17.7. The van der Waals surface area contributed by atoms with E-state index in [1.54, 1.807) is 0 Å². The van der Waals surface area contributed by atoms with E-state index in [1.165, 1.54) is 48.9 Å². The average molecular weight is 395 g/mol. The maximum absolute atomic E-state index is 9.70. The molecular weight excluding hydrogens is 360 g/mol. The molecule has 1 atom stereocenters. The maximum Gasteiger partial charge on any atom is 0.125 e. The molecule has 2 aromatic carbocycles. The highest BCUT2D eigenvalue weighted by atomic mass is 16.5. The number of aliphatic hydroxyl groups is 1. The molecule has 1 fully saturated rings. The number of aliphatic hydroxyl groups excluding tert-OH is 1. The van der Waals surface area contributed by atoms with Gasteiger partial charge in [-0.2, -0.15) is 0 Å². The number of ether oxygens (including phenoxy) is 1. The number of likely N-dealkylation sites (tertiary alicyclic amines) is 1. The number of fused-ring (bicyclic) bond motifs is 1. The molecule has 4 rings (SSSR count). The highest BCUT2D eigenvalue weighted by Gasteiger charge is 2.30. The summed E-state index contributed by atoms with van der Waals surface area (Å²) in [6.07, 6.45) is 4.99. The molecular formula is C25H34N2O2. The summed E-state index contributed by atoms with van der Waals surface area (Å²) in [5.41, 5.74) is 5.14. The molecule has 1 saturated heterocycles. The maximum atomic E-state index is 9.70. The van der Waals surface area contributed by atoms with E-state index in [0.29, 0.717) is 12.1 Å². The molecule has 0 amide bonds. The fourth-order valence-corrected chi connectivity index (χ4v) is 4.80. The van der Waals surface area contributed by atoms with Gasteiger partial charge in [-0.15, -0.1) is 0 Å². The molecule has 2 aliphatic rings. The van der Waals surface area contributed by atoms with Crippen molar-refractivity contribution in [3.8, 4) is 5.75 Å². The number of nitrogens with one attached hydrogen (secondary N) is 1. The van der Waals surface area contributed by atoms with Crippen LogP contribution in [0.2, 0.25) is 0 Å². The molecule has 2 aromatic rings. The van der Waals surface area contributed by atoms with Crippen LogP contribution in [0.5, 0.6) is 5.75 Å². The smallest absolute Gasteiger partial charge is 0.125 e. The van der Waals surface area contributed by atoms with Crippen LogP contribution in [0.1, 0.15) is 48.9 Å². The summed E-state index contributed by atoms with van der Waals surface area (Å²) in [6.45, 7) is 7.20. The Balaban J connectivity index is 1.32. The van der Waals surface area contributed by atoms with Gasteiger partial charge >= 0.3 is 0 Å². The van der Waals surface area contributed by atoms with Crippen molar-refractivity contribution >= 4 is 0 Å². The number of hydrogen-bond acceptors (Lipinski definition) is 4. The minimum atomic E-state index is 0.00926. The topological polar surface area (TPSA) is 44.7 Å². The third kappa shape index (κ3) is 5.00. The summed E-state index contributed by atoms with van der Waals surface area (Å²) in [7, 11) is 0. The first-order valence-corrected chi connectivity index (χ1v) is 11.1. The molecule has 0 aromatic heterocycles. The van der Waals surface area contributed by atoms with E-state index in [4.69, 9.17) is 4.74 Å². The van der Waals surface area contributed by atoms with Crippen molar-refractivity contribution in [1.29, 1.82) is 0 Å². The number of benzene rings is 2. The van der Waals surface area contributed by atoms with Crippen LogP contribution in [0.4, 0.5) is 0 Å².